The molecule has 0 saturated carbocycles. The lowest BCUT2D eigenvalue weighted by atomic mass is 10.2. The zero-order valence-corrected chi connectivity index (χ0v) is 16.4. The second kappa shape index (κ2) is 8.31. The molecule has 0 fully saturated rings. The fraction of sp³-hybridized carbons (Fsp3) is 0.211. The van der Waals surface area contributed by atoms with E-state index in [2.05, 4.69) is 15.5 Å². The molecule has 1 aromatic heterocycles. The summed E-state index contributed by atoms with van der Waals surface area (Å²) >= 11 is 1.19. The van der Waals surface area contributed by atoms with Crippen molar-refractivity contribution in [2.75, 3.05) is 30.3 Å². The number of amides is 1. The normalized spacial score (nSPS) is 12.0. The highest BCUT2D eigenvalue weighted by Gasteiger charge is 2.16. The number of nitrogens with two attached hydrogens (primary N) is 1. The van der Waals surface area contributed by atoms with Gasteiger partial charge in [0.2, 0.25) is 17.9 Å². The van der Waals surface area contributed by atoms with Crippen molar-refractivity contribution in [2.24, 2.45) is 0 Å². The van der Waals surface area contributed by atoms with Gasteiger partial charge >= 0.3 is 0 Å². The molecule has 0 atom stereocenters. The van der Waals surface area contributed by atoms with Gasteiger partial charge in [-0.1, -0.05) is 23.9 Å². The maximum atomic E-state index is 12.3. The molecule has 3 aromatic rings. The van der Waals surface area contributed by atoms with Gasteiger partial charge in [-0.05, 0) is 31.2 Å². The number of aromatic nitrogens is 3. The third-order valence-electron chi connectivity index (χ3n) is 4.06. The molecule has 29 heavy (non-hydrogen) atoms. The minimum Gasteiger partial charge on any atom is -0.494 e. The molecule has 1 amide bonds. The first-order chi connectivity index (χ1) is 14.1. The Balaban J connectivity index is 1.39. The molecule has 1 aliphatic heterocycles. The molecular weight excluding hydrogens is 394 g/mol. The summed E-state index contributed by atoms with van der Waals surface area (Å²) in [5.74, 6) is 8.55. The van der Waals surface area contributed by atoms with Crippen LogP contribution in [0.2, 0.25) is 0 Å². The average Bonchev–Trinajstić information content (AvgIpc) is 3.33. The van der Waals surface area contributed by atoms with E-state index < -0.39 is 0 Å². The topological polar surface area (TPSA) is 114 Å². The molecule has 1 aliphatic rings. The van der Waals surface area contributed by atoms with Crippen molar-refractivity contribution in [1.82, 2.24) is 14.9 Å². The van der Waals surface area contributed by atoms with Crippen LogP contribution < -0.4 is 25.4 Å². The van der Waals surface area contributed by atoms with E-state index in [0.717, 1.165) is 11.3 Å². The summed E-state index contributed by atoms with van der Waals surface area (Å²) in [7, 11) is 0. The first kappa shape index (κ1) is 18.9. The van der Waals surface area contributed by atoms with Crippen molar-refractivity contribution >= 4 is 23.4 Å². The molecule has 9 nitrogen and oxygen atoms in total. The molecule has 2 heterocycles. The zero-order chi connectivity index (χ0) is 20.2. The number of hydrogen-bond acceptors (Lipinski definition) is 8. The number of carbonyl (C=O) groups is 1. The van der Waals surface area contributed by atoms with Crippen molar-refractivity contribution < 1.29 is 19.0 Å². The fourth-order valence-corrected chi connectivity index (χ4v) is 3.42. The maximum absolute atomic E-state index is 12.3. The largest absolute Gasteiger partial charge is 0.494 e. The molecule has 0 saturated heterocycles. The number of anilines is 1. The quantitative estimate of drug-likeness (QED) is 0.449. The van der Waals surface area contributed by atoms with Crippen LogP contribution in [0.4, 0.5) is 5.69 Å². The molecule has 0 bridgehead atoms. The van der Waals surface area contributed by atoms with Gasteiger partial charge in [-0.3, -0.25) is 4.79 Å². The molecule has 0 spiro atoms. The minimum absolute atomic E-state index is 0.128. The van der Waals surface area contributed by atoms with E-state index in [-0.39, 0.29) is 18.5 Å². The van der Waals surface area contributed by atoms with Crippen LogP contribution in [-0.4, -0.2) is 39.9 Å². The van der Waals surface area contributed by atoms with Gasteiger partial charge in [-0.25, -0.2) is 4.68 Å². The van der Waals surface area contributed by atoms with E-state index in [1.165, 1.54) is 16.4 Å². The van der Waals surface area contributed by atoms with E-state index in [4.69, 9.17) is 20.1 Å². The first-order valence-corrected chi connectivity index (χ1v) is 9.88. The van der Waals surface area contributed by atoms with Gasteiger partial charge in [0.1, 0.15) is 5.75 Å². The van der Waals surface area contributed by atoms with Crippen LogP contribution >= 0.6 is 11.8 Å². The SMILES string of the molecule is CCOc1cccc(-c2nnc(SCC(=O)Nc3ccc4c(c3)OCO4)n2N)c1. The molecule has 2 aromatic carbocycles. The van der Waals surface area contributed by atoms with Crippen molar-refractivity contribution in [1.29, 1.82) is 0 Å². The third-order valence-corrected chi connectivity index (χ3v) is 5.00. The van der Waals surface area contributed by atoms with Crippen LogP contribution in [0.15, 0.2) is 47.6 Å². The first-order valence-electron chi connectivity index (χ1n) is 8.90. The van der Waals surface area contributed by atoms with Gasteiger partial charge in [0, 0.05) is 17.3 Å². The predicted octanol–water partition coefficient (Wildman–Crippen LogP) is 2.52. The summed E-state index contributed by atoms with van der Waals surface area (Å²) in [5.41, 5.74) is 1.41. The summed E-state index contributed by atoms with van der Waals surface area (Å²) < 4.78 is 17.4. The Hall–Kier alpha value is -3.40. The Morgan fingerprint density at radius 2 is 2.10 bits per heavy atom. The van der Waals surface area contributed by atoms with E-state index in [0.29, 0.717) is 34.8 Å². The zero-order valence-electron chi connectivity index (χ0n) is 15.6. The number of ether oxygens (including phenoxy) is 3. The summed E-state index contributed by atoms with van der Waals surface area (Å²) in [6.45, 7) is 2.67. The van der Waals surface area contributed by atoms with Crippen molar-refractivity contribution in [2.45, 2.75) is 12.1 Å². The van der Waals surface area contributed by atoms with Crippen LogP contribution in [0, 0.1) is 0 Å². The number of nitrogen functional groups attached to an aromatic ring is 1. The van der Waals surface area contributed by atoms with Crippen molar-refractivity contribution in [3.05, 3.63) is 42.5 Å². The molecular formula is C19H19N5O4S. The van der Waals surface area contributed by atoms with Crippen LogP contribution in [-0.2, 0) is 4.79 Å². The molecule has 3 N–H and O–H groups in total. The molecule has 0 aliphatic carbocycles. The number of thioether (sulfide) groups is 1. The Bertz CT molecular complexity index is 1040. The monoisotopic (exact) mass is 413 g/mol. The highest BCUT2D eigenvalue weighted by molar-refractivity contribution is 7.99. The predicted molar refractivity (Wildman–Crippen MR) is 109 cm³/mol. The molecule has 150 valence electrons. The smallest absolute Gasteiger partial charge is 0.234 e. The standard InChI is InChI=1S/C19H19N5O4S/c1-2-26-14-5-3-4-12(8-14)18-22-23-19(24(18)20)29-10-17(25)21-13-6-7-15-16(9-13)28-11-27-15/h3-9H,2,10-11,20H2,1H3,(H,21,25). The summed E-state index contributed by atoms with van der Waals surface area (Å²) in [6.07, 6.45) is 0. The maximum Gasteiger partial charge on any atom is 0.234 e. The van der Waals surface area contributed by atoms with Crippen LogP contribution in [0.3, 0.4) is 0 Å². The highest BCUT2D eigenvalue weighted by atomic mass is 32.2. The molecule has 0 unspecified atom stereocenters. The van der Waals surface area contributed by atoms with Crippen LogP contribution in [0.1, 0.15) is 6.92 Å². The fourth-order valence-electron chi connectivity index (χ4n) is 2.77. The van der Waals surface area contributed by atoms with E-state index in [1.807, 2.05) is 31.2 Å². The van der Waals surface area contributed by atoms with Gasteiger partial charge in [-0.2, -0.15) is 0 Å². The molecule has 0 radical (unpaired) electrons. The Kier molecular flexibility index (Phi) is 5.43. The number of fused-ring (bicyclic) bond motifs is 1. The highest BCUT2D eigenvalue weighted by Crippen LogP contribution is 2.34. The summed E-state index contributed by atoms with van der Waals surface area (Å²) in [5, 5.41) is 11.5. The Labute approximate surface area is 171 Å². The number of benzene rings is 2. The lowest BCUT2D eigenvalue weighted by Gasteiger charge is -2.07. The minimum atomic E-state index is -0.197. The van der Waals surface area contributed by atoms with Gasteiger partial charge in [-0.15, -0.1) is 10.2 Å². The number of nitrogens with zero attached hydrogens (tertiary/aromatic N) is 3. The molecule has 10 heteroatoms. The number of carbonyl (C=O) groups excluding carboxylic acids is 1. The van der Waals surface area contributed by atoms with E-state index in [1.54, 1.807) is 18.2 Å². The van der Waals surface area contributed by atoms with Crippen LogP contribution in [0.5, 0.6) is 17.2 Å². The van der Waals surface area contributed by atoms with Crippen molar-refractivity contribution in [3.8, 4) is 28.6 Å². The molecule has 4 rings (SSSR count). The van der Waals surface area contributed by atoms with E-state index >= 15 is 0 Å². The lowest BCUT2D eigenvalue weighted by Crippen LogP contribution is -2.16. The number of rotatable bonds is 7. The second-order valence-electron chi connectivity index (χ2n) is 6.04. The second-order valence-corrected chi connectivity index (χ2v) is 6.98. The Morgan fingerprint density at radius 3 is 2.97 bits per heavy atom. The third kappa shape index (κ3) is 4.21. The van der Waals surface area contributed by atoms with Crippen LogP contribution in [0.25, 0.3) is 11.4 Å². The average molecular weight is 413 g/mol. The van der Waals surface area contributed by atoms with Gasteiger partial charge < -0.3 is 25.4 Å². The van der Waals surface area contributed by atoms with Gasteiger partial charge in [0.15, 0.2) is 17.3 Å². The number of nitrogens with one attached hydrogen (secondary N) is 1. The Morgan fingerprint density at radius 1 is 1.24 bits per heavy atom. The summed E-state index contributed by atoms with van der Waals surface area (Å²) in [6, 6.07) is 12.7. The van der Waals surface area contributed by atoms with E-state index in [9.17, 15) is 4.79 Å². The van der Waals surface area contributed by atoms with Crippen molar-refractivity contribution in [3.63, 3.8) is 0 Å². The van der Waals surface area contributed by atoms with Gasteiger partial charge in [0.05, 0.1) is 12.4 Å². The summed E-state index contributed by atoms with van der Waals surface area (Å²) in [4.78, 5) is 12.3. The van der Waals surface area contributed by atoms with Gasteiger partial charge in [0.25, 0.3) is 0 Å². The number of hydrogen-bond donors (Lipinski definition) is 2. The lowest BCUT2D eigenvalue weighted by molar-refractivity contribution is -0.113.